The lowest BCUT2D eigenvalue weighted by molar-refractivity contribution is -0.119. The van der Waals surface area contributed by atoms with Crippen LogP contribution in [-0.4, -0.2) is 46.7 Å². The van der Waals surface area contributed by atoms with Crippen molar-refractivity contribution < 1.29 is 17.6 Å². The number of halogens is 1. The number of hydrogen-bond donors (Lipinski definition) is 1. The molecule has 33 heavy (non-hydrogen) atoms. The molecule has 0 spiro atoms. The van der Waals surface area contributed by atoms with E-state index in [1.165, 1.54) is 21.3 Å². The van der Waals surface area contributed by atoms with Crippen molar-refractivity contribution in [2.75, 3.05) is 11.9 Å². The number of sulfonamides is 1. The monoisotopic (exact) mass is 526 g/mol. The van der Waals surface area contributed by atoms with Crippen LogP contribution in [-0.2, 0) is 21.2 Å². The number of hydrogen-bond acceptors (Lipinski definition) is 8. The van der Waals surface area contributed by atoms with E-state index >= 15 is 0 Å². The number of amides is 1. The van der Waals surface area contributed by atoms with E-state index in [1.54, 1.807) is 11.8 Å². The van der Waals surface area contributed by atoms with Crippen LogP contribution in [0.5, 0.6) is 0 Å². The molecule has 1 saturated heterocycles. The second-order valence-corrected chi connectivity index (χ2v) is 13.3. The highest BCUT2D eigenvalue weighted by molar-refractivity contribution is 7.99. The molecule has 1 aliphatic heterocycles. The zero-order valence-electron chi connectivity index (χ0n) is 18.0. The molecule has 1 fully saturated rings. The summed E-state index contributed by atoms with van der Waals surface area (Å²) in [6.45, 7) is 4.55. The lowest BCUT2D eigenvalue weighted by Gasteiger charge is -2.21. The van der Waals surface area contributed by atoms with Gasteiger partial charge in [0.1, 0.15) is 10.3 Å². The molecule has 1 aromatic carbocycles. The minimum atomic E-state index is -3.81. The highest BCUT2D eigenvalue weighted by atomic mass is 35.5. The Balaban J connectivity index is 1.40. The van der Waals surface area contributed by atoms with Crippen molar-refractivity contribution in [1.82, 2.24) is 14.5 Å². The molecule has 0 bridgehead atoms. The first-order chi connectivity index (χ1) is 15.7. The normalized spacial score (nSPS) is 17.0. The van der Waals surface area contributed by atoms with Crippen molar-refractivity contribution >= 4 is 56.6 Å². The van der Waals surface area contributed by atoms with E-state index < -0.39 is 22.0 Å². The van der Waals surface area contributed by atoms with Crippen molar-refractivity contribution in [3.05, 3.63) is 52.2 Å². The van der Waals surface area contributed by atoms with Gasteiger partial charge in [-0.2, -0.15) is 4.31 Å². The van der Waals surface area contributed by atoms with Crippen LogP contribution in [0.15, 0.2) is 49.9 Å². The maximum atomic E-state index is 13.0. The minimum absolute atomic E-state index is 0.0506. The van der Waals surface area contributed by atoms with E-state index in [0.717, 1.165) is 16.9 Å². The van der Waals surface area contributed by atoms with Gasteiger partial charge in [-0.3, -0.25) is 10.1 Å². The van der Waals surface area contributed by atoms with Crippen molar-refractivity contribution in [1.29, 1.82) is 0 Å². The van der Waals surface area contributed by atoms with Crippen LogP contribution in [0.3, 0.4) is 0 Å². The third kappa shape index (κ3) is 5.78. The Bertz CT molecular complexity index is 1220. The van der Waals surface area contributed by atoms with Crippen LogP contribution >= 0.6 is 34.7 Å². The molecule has 3 aromatic rings. The fourth-order valence-corrected chi connectivity index (χ4v) is 7.64. The van der Waals surface area contributed by atoms with Crippen LogP contribution in [0.2, 0.25) is 4.34 Å². The molecule has 176 valence electrons. The number of carbonyl (C=O) groups excluding carboxylic acids is 1. The number of aromatic nitrogens is 2. The number of rotatable bonds is 8. The summed E-state index contributed by atoms with van der Waals surface area (Å²) in [5.74, 6) is -0.136. The number of carbonyl (C=O) groups is 1. The molecule has 3 heterocycles. The fraction of sp³-hybridized carbons (Fsp3) is 0.381. The lowest BCUT2D eigenvalue weighted by atomic mass is 10.1. The largest absolute Gasteiger partial charge is 0.407 e. The Kier molecular flexibility index (Phi) is 7.44. The van der Waals surface area contributed by atoms with Gasteiger partial charge in [0, 0.05) is 16.7 Å². The molecule has 1 atom stereocenters. The van der Waals surface area contributed by atoms with E-state index in [0.29, 0.717) is 34.7 Å². The number of benzene rings is 1. The summed E-state index contributed by atoms with van der Waals surface area (Å²) in [6, 6.07) is 10.2. The molecule has 1 N–H and O–H groups in total. The first-order valence-corrected chi connectivity index (χ1v) is 13.9. The third-order valence-electron chi connectivity index (χ3n) is 4.97. The molecule has 1 unspecified atom stereocenters. The lowest BCUT2D eigenvalue weighted by Crippen LogP contribution is -2.42. The summed E-state index contributed by atoms with van der Waals surface area (Å²) in [4.78, 5) is 14.0. The Morgan fingerprint density at radius 2 is 2.03 bits per heavy atom. The first kappa shape index (κ1) is 24.2. The molecule has 8 nitrogen and oxygen atoms in total. The highest BCUT2D eigenvalue weighted by Crippen LogP contribution is 2.32. The van der Waals surface area contributed by atoms with E-state index in [2.05, 4.69) is 41.5 Å². The molecule has 1 aliphatic rings. The molecule has 0 radical (unpaired) electrons. The quantitative estimate of drug-likeness (QED) is 0.425. The topological polar surface area (TPSA) is 105 Å². The molecule has 12 heteroatoms. The van der Waals surface area contributed by atoms with Crippen molar-refractivity contribution in [3.63, 3.8) is 0 Å². The zero-order valence-corrected chi connectivity index (χ0v) is 21.2. The highest BCUT2D eigenvalue weighted by Gasteiger charge is 2.40. The average Bonchev–Trinajstić information content (AvgIpc) is 3.50. The minimum Gasteiger partial charge on any atom is -0.407 e. The third-order valence-corrected chi connectivity index (χ3v) is 9.59. The predicted octanol–water partition coefficient (Wildman–Crippen LogP) is 4.67. The number of anilines is 1. The van der Waals surface area contributed by atoms with Gasteiger partial charge in [-0.25, -0.2) is 8.42 Å². The van der Waals surface area contributed by atoms with Gasteiger partial charge in [-0.15, -0.1) is 28.2 Å². The van der Waals surface area contributed by atoms with E-state index in [4.69, 9.17) is 16.0 Å². The zero-order chi connectivity index (χ0) is 23.6. The van der Waals surface area contributed by atoms with Gasteiger partial charge >= 0.3 is 6.01 Å². The van der Waals surface area contributed by atoms with E-state index in [-0.39, 0.29) is 16.8 Å². The summed E-state index contributed by atoms with van der Waals surface area (Å²) in [5, 5.41) is 11.0. The first-order valence-electron chi connectivity index (χ1n) is 10.4. The summed E-state index contributed by atoms with van der Waals surface area (Å²) in [5.41, 5.74) is 1.01. The molecular weight excluding hydrogens is 504 g/mol. The Hall–Kier alpha value is -1.92. The summed E-state index contributed by atoms with van der Waals surface area (Å²) >= 11 is 8.65. The van der Waals surface area contributed by atoms with Gasteiger partial charge in [0.2, 0.25) is 11.8 Å². The van der Waals surface area contributed by atoms with Crippen LogP contribution < -0.4 is 5.32 Å². The Labute approximate surface area is 205 Å². The van der Waals surface area contributed by atoms with Crippen LogP contribution in [0.25, 0.3) is 0 Å². The molecule has 4 rings (SSSR count). The Morgan fingerprint density at radius 3 is 2.70 bits per heavy atom. The predicted molar refractivity (Wildman–Crippen MR) is 129 cm³/mol. The van der Waals surface area contributed by atoms with Crippen LogP contribution in [0, 0.1) is 0 Å². The maximum Gasteiger partial charge on any atom is 0.322 e. The van der Waals surface area contributed by atoms with Gasteiger partial charge in [-0.1, -0.05) is 42.7 Å². The summed E-state index contributed by atoms with van der Waals surface area (Å²) in [7, 11) is -3.81. The molecule has 0 aliphatic carbocycles. The van der Waals surface area contributed by atoms with Crippen LogP contribution in [0.1, 0.15) is 38.1 Å². The van der Waals surface area contributed by atoms with Crippen molar-refractivity contribution in [2.45, 2.75) is 53.5 Å². The molecule has 2 aromatic heterocycles. The average molecular weight is 527 g/mol. The van der Waals surface area contributed by atoms with Gasteiger partial charge < -0.3 is 4.42 Å². The standard InChI is InChI=1S/C21H23ClN4O4S3/c1-13(2)31-15-7-5-14(6-8-15)12-18-24-25-21(30-18)23-20(27)16-4-3-11-26(16)33(28,29)19-10-9-17(22)32-19/h5-10,13,16H,3-4,11-12H2,1-2H3,(H,23,25,27). The van der Waals surface area contributed by atoms with Gasteiger partial charge in [0.15, 0.2) is 0 Å². The molecule has 0 saturated carbocycles. The number of nitrogens with one attached hydrogen (secondary N) is 1. The van der Waals surface area contributed by atoms with E-state index in [1.807, 2.05) is 12.1 Å². The smallest absolute Gasteiger partial charge is 0.322 e. The number of nitrogens with zero attached hydrogens (tertiary/aromatic N) is 3. The second-order valence-electron chi connectivity index (χ2n) is 7.81. The SMILES string of the molecule is CC(C)Sc1ccc(Cc2nnc(NC(=O)C3CCCN3S(=O)(=O)c3ccc(Cl)s3)o2)cc1. The van der Waals surface area contributed by atoms with Crippen LogP contribution in [0.4, 0.5) is 6.01 Å². The fourth-order valence-electron chi connectivity index (χ4n) is 3.54. The van der Waals surface area contributed by atoms with Crippen molar-refractivity contribution in [3.8, 4) is 0 Å². The maximum absolute atomic E-state index is 13.0. The van der Waals surface area contributed by atoms with Crippen molar-refractivity contribution in [2.24, 2.45) is 0 Å². The number of thioether (sulfide) groups is 1. The van der Waals surface area contributed by atoms with Gasteiger partial charge in [0.25, 0.3) is 10.0 Å². The Morgan fingerprint density at radius 1 is 1.27 bits per heavy atom. The summed E-state index contributed by atoms with van der Waals surface area (Å²) < 4.78 is 33.2. The van der Waals surface area contributed by atoms with E-state index in [9.17, 15) is 13.2 Å². The van der Waals surface area contributed by atoms with Gasteiger partial charge in [-0.05, 0) is 42.7 Å². The summed E-state index contributed by atoms with van der Waals surface area (Å²) in [6.07, 6.45) is 1.42. The van der Waals surface area contributed by atoms with Gasteiger partial charge in [0.05, 0.1) is 10.8 Å². The molecular formula is C21H23ClN4O4S3. The second kappa shape index (κ2) is 10.1. The number of thiophene rings is 1. The molecule has 1 amide bonds.